The summed E-state index contributed by atoms with van der Waals surface area (Å²) in [6.07, 6.45) is -2.25. The molecular weight excluding hydrogens is 527 g/mol. The molecule has 40 heavy (non-hydrogen) atoms. The van der Waals surface area contributed by atoms with Gasteiger partial charge in [-0.3, -0.25) is 14.4 Å². The molecule has 2 heterocycles. The van der Waals surface area contributed by atoms with Gasteiger partial charge in [-0.2, -0.15) is 0 Å². The molecule has 0 aromatic heterocycles. The second kappa shape index (κ2) is 10.4. The number of carbonyl (C=O) groups is 3. The number of halogens is 3. The summed E-state index contributed by atoms with van der Waals surface area (Å²) in [6, 6.07) is 5.47. The van der Waals surface area contributed by atoms with Crippen LogP contribution in [0.15, 0.2) is 36.4 Å². The number of nitrogens with zero attached hydrogens (tertiary/aromatic N) is 2. The number of nitrogens with one attached hydrogen (secondary N) is 1. The third-order valence-electron chi connectivity index (χ3n) is 7.91. The van der Waals surface area contributed by atoms with E-state index in [0.29, 0.717) is 16.0 Å². The molecule has 8 nitrogen and oxygen atoms in total. The number of likely N-dealkylation sites (tertiary alicyclic amines) is 2. The van der Waals surface area contributed by atoms with E-state index in [9.17, 15) is 29.0 Å². The molecule has 2 saturated heterocycles. The molecule has 0 radical (unpaired) electrons. The molecule has 0 bridgehead atoms. The number of aromatic hydroxyl groups is 1. The number of fused-ring (bicyclic) bond motifs is 1. The topological polar surface area (TPSA) is 110 Å². The maximum absolute atomic E-state index is 15.3. The predicted octanol–water partition coefficient (Wildman–Crippen LogP) is 2.95. The van der Waals surface area contributed by atoms with Crippen LogP contribution in [-0.2, 0) is 16.0 Å². The summed E-state index contributed by atoms with van der Waals surface area (Å²) in [6.45, 7) is 7.02. The molecule has 4 rings (SSSR count). The first-order valence-corrected chi connectivity index (χ1v) is 13.1. The maximum atomic E-state index is 15.3. The zero-order chi connectivity index (χ0) is 29.7. The molecule has 2 aromatic rings. The van der Waals surface area contributed by atoms with E-state index in [1.54, 1.807) is 20.8 Å². The summed E-state index contributed by atoms with van der Waals surface area (Å²) in [5.41, 5.74) is -0.671. The molecule has 0 aliphatic carbocycles. The number of β-lactam (4-membered cyclic amide) rings is 1. The number of aryl methyl sites for hydroxylation is 1. The van der Waals surface area contributed by atoms with E-state index < -0.39 is 59.7 Å². The van der Waals surface area contributed by atoms with E-state index in [2.05, 4.69) is 5.32 Å². The average Bonchev–Trinajstić information content (AvgIpc) is 3.06. The van der Waals surface area contributed by atoms with Crippen LogP contribution < -0.4 is 5.32 Å². The van der Waals surface area contributed by atoms with Gasteiger partial charge >= 0.3 is 0 Å². The molecule has 2 aromatic carbocycles. The lowest BCUT2D eigenvalue weighted by Gasteiger charge is -2.55. The Bertz CT molecular complexity index is 1350. The molecule has 3 N–H and O–H groups in total. The van der Waals surface area contributed by atoms with Gasteiger partial charge in [-0.05, 0) is 68.5 Å². The third kappa shape index (κ3) is 4.91. The van der Waals surface area contributed by atoms with Gasteiger partial charge in [0, 0.05) is 17.7 Å². The van der Waals surface area contributed by atoms with Gasteiger partial charge in [-0.25, -0.2) is 13.2 Å². The predicted molar refractivity (Wildman–Crippen MR) is 140 cm³/mol. The van der Waals surface area contributed by atoms with Crippen molar-refractivity contribution in [2.45, 2.75) is 70.7 Å². The molecular formula is C29H34F3N3O5. The van der Waals surface area contributed by atoms with Crippen molar-refractivity contribution in [1.82, 2.24) is 15.1 Å². The van der Waals surface area contributed by atoms with Crippen molar-refractivity contribution in [2.75, 3.05) is 13.1 Å². The lowest BCUT2D eigenvalue weighted by atomic mass is 9.77. The zero-order valence-corrected chi connectivity index (χ0v) is 23.0. The Morgan fingerprint density at radius 3 is 2.48 bits per heavy atom. The number of benzene rings is 2. The lowest BCUT2D eigenvalue weighted by molar-refractivity contribution is -0.192. The van der Waals surface area contributed by atoms with Crippen LogP contribution in [0.2, 0.25) is 0 Å². The summed E-state index contributed by atoms with van der Waals surface area (Å²) in [5.74, 6) is -6.73. The summed E-state index contributed by atoms with van der Waals surface area (Å²) in [5, 5.41) is 23.9. The lowest BCUT2D eigenvalue weighted by Crippen LogP contribution is -2.79. The van der Waals surface area contributed by atoms with Gasteiger partial charge in [-0.15, -0.1) is 0 Å². The van der Waals surface area contributed by atoms with Gasteiger partial charge < -0.3 is 25.3 Å². The maximum Gasteiger partial charge on any atom is 0.290 e. The van der Waals surface area contributed by atoms with Crippen molar-refractivity contribution in [2.24, 2.45) is 5.92 Å². The van der Waals surface area contributed by atoms with E-state index in [-0.39, 0.29) is 35.8 Å². The Morgan fingerprint density at radius 1 is 1.18 bits per heavy atom. The minimum absolute atomic E-state index is 0.0803. The highest BCUT2D eigenvalue weighted by Gasteiger charge is 2.77. The quantitative estimate of drug-likeness (QED) is 0.430. The first-order chi connectivity index (χ1) is 18.6. The first-order valence-electron chi connectivity index (χ1n) is 13.1. The number of aliphatic hydroxyl groups excluding tert-OH is 1. The van der Waals surface area contributed by atoms with Gasteiger partial charge in [0.2, 0.25) is 5.91 Å². The number of amides is 3. The number of carbonyl (C=O) groups excluding carboxylic acids is 3. The molecule has 0 spiro atoms. The molecule has 4 atom stereocenters. The van der Waals surface area contributed by atoms with Crippen LogP contribution in [0.4, 0.5) is 13.2 Å². The van der Waals surface area contributed by atoms with Gasteiger partial charge in [0.1, 0.15) is 23.1 Å². The van der Waals surface area contributed by atoms with Crippen LogP contribution in [0, 0.1) is 25.6 Å². The minimum Gasteiger partial charge on any atom is -0.508 e. The van der Waals surface area contributed by atoms with Gasteiger partial charge in [0.25, 0.3) is 17.7 Å². The van der Waals surface area contributed by atoms with Crippen molar-refractivity contribution < 1.29 is 37.8 Å². The van der Waals surface area contributed by atoms with Crippen LogP contribution in [0.5, 0.6) is 5.75 Å². The average molecular weight is 562 g/mol. The third-order valence-corrected chi connectivity index (χ3v) is 7.91. The molecule has 2 fully saturated rings. The highest BCUT2D eigenvalue weighted by molar-refractivity contribution is 5.99. The minimum atomic E-state index is -3.44. The van der Waals surface area contributed by atoms with Crippen molar-refractivity contribution in [3.63, 3.8) is 0 Å². The molecule has 216 valence electrons. The fraction of sp³-hybridized carbons (Fsp3) is 0.483. The van der Waals surface area contributed by atoms with E-state index in [0.717, 1.165) is 4.90 Å². The highest BCUT2D eigenvalue weighted by atomic mass is 19.3. The van der Waals surface area contributed by atoms with E-state index in [1.807, 2.05) is 0 Å². The number of aliphatic hydroxyl groups is 1. The van der Waals surface area contributed by atoms with Crippen molar-refractivity contribution in [3.8, 4) is 5.75 Å². The fourth-order valence-corrected chi connectivity index (χ4v) is 5.67. The highest BCUT2D eigenvalue weighted by Crippen LogP contribution is 2.52. The molecule has 2 aliphatic heterocycles. The number of hydrogen-bond acceptors (Lipinski definition) is 5. The summed E-state index contributed by atoms with van der Waals surface area (Å²) < 4.78 is 44.5. The Hall–Kier alpha value is -3.60. The number of hydrogen-bond donors (Lipinski definition) is 3. The molecule has 2 aliphatic rings. The number of alkyl halides is 2. The second-order valence-electron chi connectivity index (χ2n) is 11.4. The van der Waals surface area contributed by atoms with Crippen molar-refractivity contribution in [1.29, 1.82) is 0 Å². The van der Waals surface area contributed by atoms with Gasteiger partial charge in [-0.1, -0.05) is 26.0 Å². The van der Waals surface area contributed by atoms with E-state index in [4.69, 9.17) is 0 Å². The molecule has 0 saturated carbocycles. The Morgan fingerprint density at radius 2 is 1.85 bits per heavy atom. The first kappa shape index (κ1) is 29.4. The number of phenolic OH excluding ortho intramolecular Hbond substituents is 1. The monoisotopic (exact) mass is 561 g/mol. The van der Waals surface area contributed by atoms with Gasteiger partial charge in [0.15, 0.2) is 6.10 Å². The second-order valence-corrected chi connectivity index (χ2v) is 11.4. The van der Waals surface area contributed by atoms with Gasteiger partial charge in [0.05, 0.1) is 12.6 Å². The number of phenols is 1. The number of rotatable bonds is 8. The smallest absolute Gasteiger partial charge is 0.290 e. The summed E-state index contributed by atoms with van der Waals surface area (Å²) >= 11 is 0. The zero-order valence-electron chi connectivity index (χ0n) is 23.0. The fourth-order valence-electron chi connectivity index (χ4n) is 5.67. The Balaban J connectivity index is 1.64. The van der Waals surface area contributed by atoms with Crippen LogP contribution in [0.3, 0.4) is 0 Å². The standard InChI is InChI=1S/C29H34F3N3O5/c1-15(2)13-35-27(40)24-28(35,5)29(31,32)14-34(24)26(39)23(37)21(12-18-7-6-8-19(30)11-18)33-25(38)20-9-16(3)10-22(36)17(20)4/h6-11,15,21,23-24,36-37H,12-14H2,1-5H3,(H,33,38)/t21-,23-,24+,28?/m0/s1. The molecule has 3 amide bonds. The van der Waals surface area contributed by atoms with Crippen LogP contribution in [0.25, 0.3) is 0 Å². The summed E-state index contributed by atoms with van der Waals surface area (Å²) in [7, 11) is 0. The van der Waals surface area contributed by atoms with Crippen LogP contribution in [-0.4, -0.2) is 80.5 Å². The normalized spacial score (nSPS) is 23.1. The Labute approximate surface area is 230 Å². The summed E-state index contributed by atoms with van der Waals surface area (Å²) in [4.78, 5) is 41.5. The van der Waals surface area contributed by atoms with Crippen LogP contribution >= 0.6 is 0 Å². The SMILES string of the molecule is Cc1cc(O)c(C)c(C(=O)N[C@@H](Cc2cccc(F)c2)[C@H](O)C(=O)N2CC(F)(F)C3(C)[C@H]2C(=O)N3CC(C)C)c1. The van der Waals surface area contributed by atoms with Crippen molar-refractivity contribution >= 4 is 17.7 Å². The molecule has 11 heteroatoms. The van der Waals surface area contributed by atoms with E-state index in [1.165, 1.54) is 50.2 Å². The van der Waals surface area contributed by atoms with Crippen molar-refractivity contribution in [3.05, 3.63) is 64.5 Å². The molecule has 1 unspecified atom stereocenters. The van der Waals surface area contributed by atoms with Crippen LogP contribution in [0.1, 0.15) is 47.8 Å². The largest absolute Gasteiger partial charge is 0.508 e. The Kier molecular flexibility index (Phi) is 7.66. The van der Waals surface area contributed by atoms with E-state index >= 15 is 8.78 Å².